The van der Waals surface area contributed by atoms with Crippen LogP contribution in [0.15, 0.2) is 35.4 Å². The Labute approximate surface area is 126 Å². The standard InChI is InChI=1S/C16H16N2O2S/c1-10-11(2)21-15-14(10)16(19)18(9-17-15)8-12-6-4-5-7-13(12)20-3/h4-7,9H,8H2,1-3H3. The predicted octanol–water partition coefficient (Wildman–Crippen LogP) is 3.13. The van der Waals surface area contributed by atoms with Crippen LogP contribution in [0.1, 0.15) is 16.0 Å². The molecular formula is C16H16N2O2S. The van der Waals surface area contributed by atoms with E-state index < -0.39 is 0 Å². The molecule has 108 valence electrons. The van der Waals surface area contributed by atoms with Crippen molar-refractivity contribution in [3.63, 3.8) is 0 Å². The number of aromatic nitrogens is 2. The van der Waals surface area contributed by atoms with Crippen LogP contribution >= 0.6 is 11.3 Å². The van der Waals surface area contributed by atoms with Crippen LogP contribution in [-0.2, 0) is 6.54 Å². The van der Waals surface area contributed by atoms with Crippen LogP contribution in [0.25, 0.3) is 10.2 Å². The van der Waals surface area contributed by atoms with Gasteiger partial charge in [-0.25, -0.2) is 4.98 Å². The van der Waals surface area contributed by atoms with Crippen LogP contribution in [-0.4, -0.2) is 16.7 Å². The largest absolute Gasteiger partial charge is 0.496 e. The van der Waals surface area contributed by atoms with E-state index in [4.69, 9.17) is 4.74 Å². The van der Waals surface area contributed by atoms with Crippen LogP contribution in [0.4, 0.5) is 0 Å². The third kappa shape index (κ3) is 2.34. The van der Waals surface area contributed by atoms with E-state index in [2.05, 4.69) is 4.98 Å². The minimum atomic E-state index is 0.00718. The molecule has 0 fully saturated rings. The first-order valence-corrected chi connectivity index (χ1v) is 7.50. The van der Waals surface area contributed by atoms with E-state index in [0.29, 0.717) is 6.54 Å². The van der Waals surface area contributed by atoms with Crippen molar-refractivity contribution in [2.45, 2.75) is 20.4 Å². The Morgan fingerprint density at radius 3 is 2.81 bits per heavy atom. The molecule has 2 aromatic heterocycles. The van der Waals surface area contributed by atoms with Gasteiger partial charge in [-0.05, 0) is 25.5 Å². The molecule has 2 heterocycles. The van der Waals surface area contributed by atoms with Gasteiger partial charge in [0.1, 0.15) is 10.6 Å². The monoisotopic (exact) mass is 300 g/mol. The second-order valence-electron chi connectivity index (χ2n) is 4.95. The Morgan fingerprint density at radius 1 is 1.29 bits per heavy atom. The summed E-state index contributed by atoms with van der Waals surface area (Å²) in [6, 6.07) is 7.71. The van der Waals surface area contributed by atoms with Gasteiger partial charge in [-0.3, -0.25) is 9.36 Å². The van der Waals surface area contributed by atoms with Crippen molar-refractivity contribution < 1.29 is 4.74 Å². The summed E-state index contributed by atoms with van der Waals surface area (Å²) in [5.74, 6) is 0.780. The van der Waals surface area contributed by atoms with Crippen molar-refractivity contribution in [1.82, 2.24) is 9.55 Å². The van der Waals surface area contributed by atoms with Crippen molar-refractivity contribution in [1.29, 1.82) is 0 Å². The van der Waals surface area contributed by atoms with E-state index in [1.54, 1.807) is 29.3 Å². The predicted molar refractivity (Wildman–Crippen MR) is 85.5 cm³/mol. The van der Waals surface area contributed by atoms with Gasteiger partial charge in [0.2, 0.25) is 0 Å². The number of rotatable bonds is 3. The lowest BCUT2D eigenvalue weighted by molar-refractivity contribution is 0.408. The molecule has 0 aliphatic heterocycles. The molecule has 0 aliphatic rings. The second kappa shape index (κ2) is 5.33. The lowest BCUT2D eigenvalue weighted by Crippen LogP contribution is -2.21. The van der Waals surface area contributed by atoms with Crippen molar-refractivity contribution in [2.75, 3.05) is 7.11 Å². The number of methoxy groups -OCH3 is 1. The molecule has 0 aliphatic carbocycles. The summed E-state index contributed by atoms with van der Waals surface area (Å²) < 4.78 is 6.98. The summed E-state index contributed by atoms with van der Waals surface area (Å²) in [5, 5.41) is 0.731. The Kier molecular flexibility index (Phi) is 3.51. The van der Waals surface area contributed by atoms with E-state index in [1.165, 1.54) is 0 Å². The number of hydrogen-bond acceptors (Lipinski definition) is 4. The highest BCUT2D eigenvalue weighted by Gasteiger charge is 2.13. The molecule has 0 amide bonds. The molecule has 0 bridgehead atoms. The van der Waals surface area contributed by atoms with Crippen LogP contribution in [0, 0.1) is 13.8 Å². The maximum absolute atomic E-state index is 12.7. The number of nitrogens with zero attached hydrogens (tertiary/aromatic N) is 2. The van der Waals surface area contributed by atoms with Crippen LogP contribution in [0.3, 0.4) is 0 Å². The molecule has 5 heteroatoms. The third-order valence-corrected chi connectivity index (χ3v) is 4.80. The molecule has 0 N–H and O–H groups in total. The summed E-state index contributed by atoms with van der Waals surface area (Å²) in [7, 11) is 1.63. The van der Waals surface area contributed by atoms with Crippen molar-refractivity contribution in [3.05, 3.63) is 57.0 Å². The first-order chi connectivity index (χ1) is 10.1. The normalized spacial score (nSPS) is 11.0. The minimum absolute atomic E-state index is 0.00718. The lowest BCUT2D eigenvalue weighted by atomic mass is 10.2. The maximum Gasteiger partial charge on any atom is 0.262 e. The van der Waals surface area contributed by atoms with Crippen LogP contribution in [0.5, 0.6) is 5.75 Å². The number of para-hydroxylation sites is 1. The van der Waals surface area contributed by atoms with Gasteiger partial charge in [-0.2, -0.15) is 0 Å². The van der Waals surface area contributed by atoms with Crippen molar-refractivity contribution in [3.8, 4) is 5.75 Å². The Morgan fingerprint density at radius 2 is 2.05 bits per heavy atom. The molecule has 0 saturated carbocycles. The Balaban J connectivity index is 2.11. The number of benzene rings is 1. The third-order valence-electron chi connectivity index (χ3n) is 3.69. The van der Waals surface area contributed by atoms with Gasteiger partial charge < -0.3 is 4.74 Å². The quantitative estimate of drug-likeness (QED) is 0.746. The van der Waals surface area contributed by atoms with Gasteiger partial charge in [0.05, 0.1) is 25.4 Å². The fourth-order valence-electron chi connectivity index (χ4n) is 2.40. The highest BCUT2D eigenvalue weighted by Crippen LogP contribution is 2.25. The van der Waals surface area contributed by atoms with E-state index in [1.807, 2.05) is 38.1 Å². The molecule has 1 aromatic carbocycles. The fourth-order valence-corrected chi connectivity index (χ4v) is 3.39. The topological polar surface area (TPSA) is 44.1 Å². The molecule has 0 spiro atoms. The average Bonchev–Trinajstić information content (AvgIpc) is 2.78. The highest BCUT2D eigenvalue weighted by molar-refractivity contribution is 7.18. The van der Waals surface area contributed by atoms with Crippen molar-refractivity contribution >= 4 is 21.6 Å². The first-order valence-electron chi connectivity index (χ1n) is 6.69. The summed E-state index contributed by atoms with van der Waals surface area (Å²) in [5.41, 5.74) is 2.00. The average molecular weight is 300 g/mol. The van der Waals surface area contributed by atoms with E-state index >= 15 is 0 Å². The summed E-state index contributed by atoms with van der Waals surface area (Å²) in [6.07, 6.45) is 1.62. The van der Waals surface area contributed by atoms with Gasteiger partial charge in [-0.1, -0.05) is 18.2 Å². The fraction of sp³-hybridized carbons (Fsp3) is 0.250. The van der Waals surface area contributed by atoms with Gasteiger partial charge in [0.15, 0.2) is 0 Å². The number of fused-ring (bicyclic) bond motifs is 1. The summed E-state index contributed by atoms with van der Waals surface area (Å²) in [4.78, 5) is 19.0. The van der Waals surface area contributed by atoms with Crippen LogP contribution < -0.4 is 10.3 Å². The SMILES string of the molecule is COc1ccccc1Cn1cnc2sc(C)c(C)c2c1=O. The maximum atomic E-state index is 12.7. The minimum Gasteiger partial charge on any atom is -0.496 e. The molecule has 0 atom stereocenters. The number of hydrogen-bond donors (Lipinski definition) is 0. The van der Waals surface area contributed by atoms with E-state index in [0.717, 1.165) is 32.0 Å². The lowest BCUT2D eigenvalue weighted by Gasteiger charge is -2.10. The smallest absolute Gasteiger partial charge is 0.262 e. The Hall–Kier alpha value is -2.14. The van der Waals surface area contributed by atoms with Crippen LogP contribution in [0.2, 0.25) is 0 Å². The zero-order chi connectivity index (χ0) is 15.0. The van der Waals surface area contributed by atoms with Gasteiger partial charge in [0, 0.05) is 10.4 Å². The number of thiophene rings is 1. The van der Waals surface area contributed by atoms with Gasteiger partial charge in [0.25, 0.3) is 5.56 Å². The molecule has 0 saturated heterocycles. The molecule has 3 rings (SSSR count). The second-order valence-corrected chi connectivity index (χ2v) is 6.16. The highest BCUT2D eigenvalue weighted by atomic mass is 32.1. The Bertz CT molecular complexity index is 864. The molecule has 4 nitrogen and oxygen atoms in total. The summed E-state index contributed by atoms with van der Waals surface area (Å²) >= 11 is 1.57. The molecule has 0 radical (unpaired) electrons. The molecule has 21 heavy (non-hydrogen) atoms. The first kappa shape index (κ1) is 13.8. The van der Waals surface area contributed by atoms with Gasteiger partial charge >= 0.3 is 0 Å². The molecule has 0 unspecified atom stereocenters. The molecule has 3 aromatic rings. The van der Waals surface area contributed by atoms with Crippen molar-refractivity contribution in [2.24, 2.45) is 0 Å². The zero-order valence-corrected chi connectivity index (χ0v) is 13.0. The molecular weight excluding hydrogens is 284 g/mol. The zero-order valence-electron chi connectivity index (χ0n) is 12.2. The van der Waals surface area contributed by atoms with E-state index in [-0.39, 0.29) is 5.56 Å². The number of ether oxygens (including phenoxy) is 1. The van der Waals surface area contributed by atoms with Gasteiger partial charge in [-0.15, -0.1) is 11.3 Å². The number of aryl methyl sites for hydroxylation is 2. The van der Waals surface area contributed by atoms with E-state index in [9.17, 15) is 4.79 Å². The summed E-state index contributed by atoms with van der Waals surface area (Å²) in [6.45, 7) is 4.45.